The number of anilines is 2. The Morgan fingerprint density at radius 3 is 2.64 bits per heavy atom. The Labute approximate surface area is 162 Å². The maximum Gasteiger partial charge on any atom is 0.255 e. The van der Waals surface area contributed by atoms with Gasteiger partial charge in [0.05, 0.1) is 12.1 Å². The predicted octanol–water partition coefficient (Wildman–Crippen LogP) is 2.04. The zero-order valence-corrected chi connectivity index (χ0v) is 16.0. The van der Waals surface area contributed by atoms with E-state index in [1.54, 1.807) is 35.5 Å². The first-order valence-electron chi connectivity index (χ1n) is 9.47. The average Bonchev–Trinajstić information content (AvgIpc) is 2.65. The molecule has 28 heavy (non-hydrogen) atoms. The highest BCUT2D eigenvalue weighted by molar-refractivity contribution is 5.95. The number of carbonyl (C=O) groups excluding carboxylic acids is 2. The van der Waals surface area contributed by atoms with Crippen LogP contribution in [0.1, 0.15) is 35.4 Å². The van der Waals surface area contributed by atoms with E-state index in [9.17, 15) is 9.59 Å². The summed E-state index contributed by atoms with van der Waals surface area (Å²) < 4.78 is 7.08. The maximum atomic E-state index is 12.4. The van der Waals surface area contributed by atoms with Gasteiger partial charge in [-0.25, -0.2) is 4.98 Å². The van der Waals surface area contributed by atoms with Crippen LogP contribution in [-0.2, 0) is 0 Å². The summed E-state index contributed by atoms with van der Waals surface area (Å²) in [4.78, 5) is 32.8. The third kappa shape index (κ3) is 3.15. The van der Waals surface area contributed by atoms with Gasteiger partial charge in [0, 0.05) is 43.2 Å². The van der Waals surface area contributed by atoms with E-state index < -0.39 is 0 Å². The van der Waals surface area contributed by atoms with Crippen LogP contribution in [0.5, 0.6) is 5.75 Å². The number of aromatic nitrogens is 2. The van der Waals surface area contributed by atoms with Crippen LogP contribution in [0, 0.1) is 11.3 Å². The van der Waals surface area contributed by atoms with E-state index in [0.29, 0.717) is 30.3 Å². The number of hydrogen-bond donors (Lipinski definition) is 1. The highest BCUT2D eigenvalue weighted by Gasteiger charge is 2.26. The number of rotatable bonds is 3. The lowest BCUT2D eigenvalue weighted by molar-refractivity contribution is 0.0650. The van der Waals surface area contributed by atoms with E-state index >= 15 is 0 Å². The molecule has 4 rings (SSSR count). The Kier molecular flexibility index (Phi) is 4.62. The molecule has 0 radical (unpaired) electrons. The molecule has 1 saturated heterocycles. The van der Waals surface area contributed by atoms with Crippen LogP contribution < -0.4 is 15.1 Å². The Morgan fingerprint density at radius 2 is 2.00 bits per heavy atom. The standard InChI is InChI=1S/C20H23N5O3/c1-13(2)19(26)25-7-4-15(11-17(25)21)24-8-9-28-16-10-14(12-22-18(16)24)20(27)23-5-3-6-23/h4,7,10-13,21H,3,5-6,8-9H2,1-2H3. The number of nitrogens with zero attached hydrogens (tertiary/aromatic N) is 4. The van der Waals surface area contributed by atoms with Crippen molar-refractivity contribution in [2.75, 3.05) is 31.1 Å². The Bertz CT molecular complexity index is 994. The van der Waals surface area contributed by atoms with Crippen molar-refractivity contribution >= 4 is 23.3 Å². The van der Waals surface area contributed by atoms with Crippen molar-refractivity contribution < 1.29 is 14.3 Å². The number of nitrogens with one attached hydrogen (secondary N) is 1. The minimum absolute atomic E-state index is 0.0244. The average molecular weight is 381 g/mol. The molecule has 1 fully saturated rings. The van der Waals surface area contributed by atoms with Crippen LogP contribution in [0.25, 0.3) is 0 Å². The van der Waals surface area contributed by atoms with E-state index in [-0.39, 0.29) is 23.2 Å². The molecule has 0 unspecified atom stereocenters. The molecule has 0 spiro atoms. The number of hydrogen-bond acceptors (Lipinski definition) is 6. The van der Waals surface area contributed by atoms with Crippen LogP contribution in [-0.4, -0.2) is 52.5 Å². The molecule has 2 aromatic rings. The number of amides is 1. The van der Waals surface area contributed by atoms with Gasteiger partial charge in [-0.1, -0.05) is 13.8 Å². The molecule has 2 aliphatic rings. The van der Waals surface area contributed by atoms with Crippen molar-refractivity contribution in [2.24, 2.45) is 5.92 Å². The van der Waals surface area contributed by atoms with Crippen LogP contribution in [0.3, 0.4) is 0 Å². The first-order valence-corrected chi connectivity index (χ1v) is 9.47. The van der Waals surface area contributed by atoms with Crippen molar-refractivity contribution in [1.82, 2.24) is 14.5 Å². The largest absolute Gasteiger partial charge is 0.488 e. The lowest BCUT2D eigenvalue weighted by Gasteiger charge is -2.32. The van der Waals surface area contributed by atoms with Crippen LogP contribution >= 0.6 is 0 Å². The van der Waals surface area contributed by atoms with Gasteiger partial charge in [-0.05, 0) is 18.6 Å². The Hall–Kier alpha value is -3.16. The van der Waals surface area contributed by atoms with Crippen LogP contribution in [0.4, 0.5) is 11.5 Å². The number of likely N-dealkylation sites (tertiary alicyclic amines) is 1. The third-order valence-electron chi connectivity index (χ3n) is 5.03. The summed E-state index contributed by atoms with van der Waals surface area (Å²) in [5.74, 6) is 0.834. The fraction of sp³-hybridized carbons (Fsp3) is 0.400. The molecule has 1 N–H and O–H groups in total. The van der Waals surface area contributed by atoms with Crippen molar-refractivity contribution in [3.05, 3.63) is 41.6 Å². The van der Waals surface area contributed by atoms with E-state index in [4.69, 9.17) is 10.1 Å². The Balaban J connectivity index is 1.64. The molecule has 2 aromatic heterocycles. The molecule has 2 aliphatic heterocycles. The van der Waals surface area contributed by atoms with Gasteiger partial charge in [-0.3, -0.25) is 19.6 Å². The molecular weight excluding hydrogens is 358 g/mol. The number of fused-ring (bicyclic) bond motifs is 1. The Morgan fingerprint density at radius 1 is 1.21 bits per heavy atom. The van der Waals surface area contributed by atoms with Crippen LogP contribution in [0.15, 0.2) is 30.6 Å². The van der Waals surface area contributed by atoms with Crippen molar-refractivity contribution in [3.63, 3.8) is 0 Å². The van der Waals surface area contributed by atoms with Gasteiger partial charge >= 0.3 is 0 Å². The molecule has 0 saturated carbocycles. The zero-order chi connectivity index (χ0) is 19.8. The van der Waals surface area contributed by atoms with Crippen molar-refractivity contribution in [3.8, 4) is 5.75 Å². The zero-order valence-electron chi connectivity index (χ0n) is 16.0. The third-order valence-corrected chi connectivity index (χ3v) is 5.03. The predicted molar refractivity (Wildman–Crippen MR) is 103 cm³/mol. The second-order valence-electron chi connectivity index (χ2n) is 7.32. The summed E-state index contributed by atoms with van der Waals surface area (Å²) >= 11 is 0. The van der Waals surface area contributed by atoms with Gasteiger partial charge in [-0.15, -0.1) is 0 Å². The highest BCUT2D eigenvalue weighted by atomic mass is 16.5. The first kappa shape index (κ1) is 18.2. The summed E-state index contributed by atoms with van der Waals surface area (Å²) in [5, 5.41) is 8.22. The number of ether oxygens (including phenoxy) is 1. The molecule has 0 atom stereocenters. The first-order chi connectivity index (χ1) is 13.5. The molecule has 146 valence electrons. The van der Waals surface area contributed by atoms with Crippen molar-refractivity contribution in [2.45, 2.75) is 20.3 Å². The van der Waals surface area contributed by atoms with E-state index in [1.807, 2.05) is 18.7 Å². The quantitative estimate of drug-likeness (QED) is 0.878. The van der Waals surface area contributed by atoms with Gasteiger partial charge in [0.25, 0.3) is 5.91 Å². The lowest BCUT2D eigenvalue weighted by Crippen LogP contribution is -2.42. The molecule has 0 aliphatic carbocycles. The minimum Gasteiger partial charge on any atom is -0.488 e. The van der Waals surface area contributed by atoms with E-state index in [1.165, 1.54) is 4.57 Å². The summed E-state index contributed by atoms with van der Waals surface area (Å²) in [6.07, 6.45) is 4.24. The van der Waals surface area contributed by atoms with Gasteiger partial charge in [0.2, 0.25) is 5.91 Å². The van der Waals surface area contributed by atoms with Gasteiger partial charge in [0.15, 0.2) is 11.6 Å². The normalized spacial score (nSPS) is 15.7. The van der Waals surface area contributed by atoms with E-state index in [0.717, 1.165) is 25.2 Å². The smallest absolute Gasteiger partial charge is 0.255 e. The summed E-state index contributed by atoms with van der Waals surface area (Å²) in [7, 11) is 0. The number of pyridine rings is 2. The molecule has 0 bridgehead atoms. The number of carbonyl (C=O) groups is 2. The van der Waals surface area contributed by atoms with E-state index in [2.05, 4.69) is 4.98 Å². The minimum atomic E-state index is -0.187. The molecule has 0 aromatic carbocycles. The topological polar surface area (TPSA) is 91.5 Å². The van der Waals surface area contributed by atoms with Gasteiger partial charge < -0.3 is 14.5 Å². The summed E-state index contributed by atoms with van der Waals surface area (Å²) in [6.45, 7) is 6.21. The molecule has 8 nitrogen and oxygen atoms in total. The fourth-order valence-electron chi connectivity index (χ4n) is 3.30. The summed E-state index contributed by atoms with van der Waals surface area (Å²) in [6, 6.07) is 5.19. The van der Waals surface area contributed by atoms with Crippen LogP contribution in [0.2, 0.25) is 0 Å². The fourth-order valence-corrected chi connectivity index (χ4v) is 3.30. The molecular formula is C20H23N5O3. The maximum absolute atomic E-state index is 12.4. The molecule has 1 amide bonds. The van der Waals surface area contributed by atoms with Gasteiger partial charge in [0.1, 0.15) is 12.1 Å². The monoisotopic (exact) mass is 381 g/mol. The SMILES string of the molecule is CC(C)C(=O)n1ccc(N2CCOc3cc(C(=O)N4CCC4)cnc32)cc1=N. The van der Waals surface area contributed by atoms with Gasteiger partial charge in [-0.2, -0.15) is 0 Å². The second-order valence-corrected chi connectivity index (χ2v) is 7.32. The summed E-state index contributed by atoms with van der Waals surface area (Å²) in [5.41, 5.74) is 1.40. The highest BCUT2D eigenvalue weighted by Crippen LogP contribution is 2.35. The lowest BCUT2D eigenvalue weighted by atomic mass is 10.1. The molecule has 4 heterocycles. The van der Waals surface area contributed by atoms with Crippen molar-refractivity contribution in [1.29, 1.82) is 5.41 Å². The molecule has 8 heteroatoms. The second kappa shape index (κ2) is 7.10.